The highest BCUT2D eigenvalue weighted by molar-refractivity contribution is 5.84. The zero-order valence-corrected chi connectivity index (χ0v) is 18.8. The summed E-state index contributed by atoms with van der Waals surface area (Å²) >= 11 is 0. The van der Waals surface area contributed by atoms with Crippen LogP contribution in [0.5, 0.6) is 17.2 Å². The molecule has 4 aromatic carbocycles. The van der Waals surface area contributed by atoms with E-state index in [1.807, 2.05) is 60.7 Å². The van der Waals surface area contributed by atoms with Crippen molar-refractivity contribution in [2.24, 2.45) is 0 Å². The van der Waals surface area contributed by atoms with Crippen LogP contribution >= 0.6 is 0 Å². The molecule has 0 fully saturated rings. The SMILES string of the molecule is Nc1ccc2oc(-c3ccc(OCc4ccccc4)c(OCc4ccccc4)c3)c(O)c(=O)c2c1. The lowest BCUT2D eigenvalue weighted by Gasteiger charge is -2.15. The van der Waals surface area contributed by atoms with Crippen LogP contribution in [0, 0.1) is 0 Å². The Morgan fingerprint density at radius 1 is 0.743 bits per heavy atom. The van der Waals surface area contributed by atoms with Gasteiger partial charge in [0.15, 0.2) is 17.3 Å². The second-order valence-electron chi connectivity index (χ2n) is 8.07. The number of nitrogen functional groups attached to an aromatic ring is 1. The summed E-state index contributed by atoms with van der Waals surface area (Å²) in [6, 6.07) is 29.5. The third kappa shape index (κ3) is 4.82. The lowest BCUT2D eigenvalue weighted by molar-refractivity contribution is 0.256. The molecule has 0 atom stereocenters. The lowest BCUT2D eigenvalue weighted by atomic mass is 10.1. The van der Waals surface area contributed by atoms with E-state index < -0.39 is 11.2 Å². The molecule has 6 nitrogen and oxygen atoms in total. The molecule has 6 heteroatoms. The van der Waals surface area contributed by atoms with Crippen molar-refractivity contribution in [2.75, 3.05) is 5.73 Å². The Hall–Kier alpha value is -4.71. The molecule has 174 valence electrons. The average molecular weight is 466 g/mol. The first kappa shape index (κ1) is 22.1. The number of aromatic hydroxyl groups is 1. The minimum atomic E-state index is -0.551. The van der Waals surface area contributed by atoms with Gasteiger partial charge in [-0.2, -0.15) is 0 Å². The van der Waals surface area contributed by atoms with Gasteiger partial charge >= 0.3 is 0 Å². The van der Waals surface area contributed by atoms with Crippen LogP contribution in [-0.2, 0) is 13.2 Å². The third-order valence-corrected chi connectivity index (χ3v) is 5.57. The van der Waals surface area contributed by atoms with E-state index in [4.69, 9.17) is 19.6 Å². The molecule has 5 rings (SSSR count). The molecule has 1 aromatic heterocycles. The summed E-state index contributed by atoms with van der Waals surface area (Å²) in [5, 5.41) is 10.9. The number of benzene rings is 4. The molecule has 3 N–H and O–H groups in total. The number of fused-ring (bicyclic) bond motifs is 1. The van der Waals surface area contributed by atoms with Crippen LogP contribution in [0.4, 0.5) is 5.69 Å². The van der Waals surface area contributed by atoms with E-state index in [0.29, 0.717) is 41.5 Å². The van der Waals surface area contributed by atoms with Crippen molar-refractivity contribution in [2.45, 2.75) is 13.2 Å². The molecule has 0 aliphatic carbocycles. The van der Waals surface area contributed by atoms with Gasteiger partial charge in [0.25, 0.3) is 0 Å². The van der Waals surface area contributed by atoms with Crippen molar-refractivity contribution in [3.05, 3.63) is 118 Å². The second kappa shape index (κ2) is 9.65. The molecule has 0 saturated carbocycles. The molecule has 5 aromatic rings. The number of ether oxygens (including phenoxy) is 2. The fraction of sp³-hybridized carbons (Fsp3) is 0.0690. The quantitative estimate of drug-likeness (QED) is 0.290. The Morgan fingerprint density at radius 2 is 1.37 bits per heavy atom. The first-order chi connectivity index (χ1) is 17.1. The van der Waals surface area contributed by atoms with E-state index in [1.165, 1.54) is 6.07 Å². The maximum Gasteiger partial charge on any atom is 0.235 e. The molecule has 0 amide bonds. The Balaban J connectivity index is 1.52. The summed E-state index contributed by atoms with van der Waals surface area (Å²) in [6.45, 7) is 0.679. The summed E-state index contributed by atoms with van der Waals surface area (Å²) in [7, 11) is 0. The minimum Gasteiger partial charge on any atom is -0.502 e. The molecular weight excluding hydrogens is 442 g/mol. The number of hydrogen-bond acceptors (Lipinski definition) is 6. The topological polar surface area (TPSA) is 94.9 Å². The molecule has 0 unspecified atom stereocenters. The molecule has 0 saturated heterocycles. The van der Waals surface area contributed by atoms with E-state index in [1.54, 1.807) is 30.3 Å². The second-order valence-corrected chi connectivity index (χ2v) is 8.07. The van der Waals surface area contributed by atoms with Gasteiger partial charge < -0.3 is 24.7 Å². The molecule has 0 aliphatic heterocycles. The van der Waals surface area contributed by atoms with Crippen LogP contribution in [0.15, 0.2) is 106 Å². The van der Waals surface area contributed by atoms with Crippen molar-refractivity contribution in [1.82, 2.24) is 0 Å². The van der Waals surface area contributed by atoms with E-state index in [9.17, 15) is 9.90 Å². The standard InChI is InChI=1S/C29H23NO5/c30-22-12-14-24-23(16-22)27(31)28(32)29(35-24)21-11-13-25(33-17-19-7-3-1-4-8-19)26(15-21)34-18-20-9-5-2-6-10-20/h1-16,32H,17-18,30H2. The fourth-order valence-corrected chi connectivity index (χ4v) is 3.75. The van der Waals surface area contributed by atoms with Crippen LogP contribution < -0.4 is 20.6 Å². The maximum atomic E-state index is 12.8. The number of nitrogens with two attached hydrogens (primary N) is 1. The summed E-state index contributed by atoms with van der Waals surface area (Å²) < 4.78 is 18.0. The Kier molecular flexibility index (Phi) is 6.09. The lowest BCUT2D eigenvalue weighted by Crippen LogP contribution is -2.04. The van der Waals surface area contributed by atoms with Crippen molar-refractivity contribution >= 4 is 16.7 Å². The summed E-state index contributed by atoms with van der Waals surface area (Å²) in [6.07, 6.45) is 0. The Labute approximate surface area is 201 Å². The summed E-state index contributed by atoms with van der Waals surface area (Å²) in [4.78, 5) is 12.8. The minimum absolute atomic E-state index is 0.0476. The van der Waals surface area contributed by atoms with E-state index in [-0.39, 0.29) is 11.1 Å². The van der Waals surface area contributed by atoms with Crippen molar-refractivity contribution in [3.63, 3.8) is 0 Å². The van der Waals surface area contributed by atoms with Crippen LogP contribution in [0.25, 0.3) is 22.3 Å². The molecular formula is C29H23NO5. The highest BCUT2D eigenvalue weighted by Crippen LogP contribution is 2.37. The Bertz CT molecular complexity index is 1530. The van der Waals surface area contributed by atoms with Gasteiger partial charge in [-0.3, -0.25) is 4.79 Å². The summed E-state index contributed by atoms with van der Waals surface area (Å²) in [5.41, 5.74) is 8.46. The molecule has 0 radical (unpaired) electrons. The predicted molar refractivity (Wildman–Crippen MR) is 136 cm³/mol. The highest BCUT2D eigenvalue weighted by atomic mass is 16.5. The van der Waals surface area contributed by atoms with Crippen LogP contribution in [-0.4, -0.2) is 5.11 Å². The zero-order chi connectivity index (χ0) is 24.2. The van der Waals surface area contributed by atoms with Gasteiger partial charge in [0.05, 0.1) is 5.39 Å². The molecule has 0 spiro atoms. The van der Waals surface area contributed by atoms with E-state index in [0.717, 1.165) is 11.1 Å². The molecule has 0 bridgehead atoms. The van der Waals surface area contributed by atoms with Crippen LogP contribution in [0.3, 0.4) is 0 Å². The first-order valence-corrected chi connectivity index (χ1v) is 11.1. The highest BCUT2D eigenvalue weighted by Gasteiger charge is 2.18. The maximum absolute atomic E-state index is 12.8. The predicted octanol–water partition coefficient (Wildman–Crippen LogP) is 5.91. The van der Waals surface area contributed by atoms with Gasteiger partial charge in [-0.05, 0) is 47.5 Å². The molecule has 0 aliphatic rings. The van der Waals surface area contributed by atoms with Gasteiger partial charge in [0.1, 0.15) is 18.8 Å². The number of anilines is 1. The van der Waals surface area contributed by atoms with Gasteiger partial charge in [-0.15, -0.1) is 0 Å². The van der Waals surface area contributed by atoms with Gasteiger partial charge in [-0.25, -0.2) is 0 Å². The van der Waals surface area contributed by atoms with Gasteiger partial charge in [0.2, 0.25) is 11.2 Å². The van der Waals surface area contributed by atoms with Crippen molar-refractivity contribution < 1.29 is 19.0 Å². The van der Waals surface area contributed by atoms with Crippen molar-refractivity contribution in [3.8, 4) is 28.6 Å². The monoisotopic (exact) mass is 465 g/mol. The first-order valence-electron chi connectivity index (χ1n) is 11.1. The Morgan fingerprint density at radius 3 is 2.03 bits per heavy atom. The molecule has 35 heavy (non-hydrogen) atoms. The summed E-state index contributed by atoms with van der Waals surface area (Å²) in [5.74, 6) is 0.548. The van der Waals surface area contributed by atoms with Gasteiger partial charge in [-0.1, -0.05) is 60.7 Å². The number of hydrogen-bond donors (Lipinski definition) is 2. The smallest absolute Gasteiger partial charge is 0.235 e. The normalized spacial score (nSPS) is 10.9. The largest absolute Gasteiger partial charge is 0.502 e. The molecule has 1 heterocycles. The van der Waals surface area contributed by atoms with Crippen molar-refractivity contribution in [1.29, 1.82) is 0 Å². The van der Waals surface area contributed by atoms with E-state index in [2.05, 4.69) is 0 Å². The van der Waals surface area contributed by atoms with Gasteiger partial charge in [0, 0.05) is 11.3 Å². The number of rotatable bonds is 7. The average Bonchev–Trinajstić information content (AvgIpc) is 2.90. The van der Waals surface area contributed by atoms with Crippen LogP contribution in [0.1, 0.15) is 11.1 Å². The third-order valence-electron chi connectivity index (χ3n) is 5.57. The fourth-order valence-electron chi connectivity index (χ4n) is 3.75. The van der Waals surface area contributed by atoms with Crippen LogP contribution in [0.2, 0.25) is 0 Å². The zero-order valence-electron chi connectivity index (χ0n) is 18.8. The van der Waals surface area contributed by atoms with E-state index >= 15 is 0 Å².